The number of carbonyl (C=O) groups is 1. The molecule has 0 radical (unpaired) electrons. The van der Waals surface area contributed by atoms with Gasteiger partial charge in [-0.25, -0.2) is 4.79 Å². The van der Waals surface area contributed by atoms with Gasteiger partial charge in [0.2, 0.25) is 0 Å². The molecule has 1 atom stereocenters. The number of hydrogen-bond donors (Lipinski definition) is 1. The molecule has 1 fully saturated rings. The lowest BCUT2D eigenvalue weighted by Crippen LogP contribution is -2.45. The van der Waals surface area contributed by atoms with Gasteiger partial charge in [-0.1, -0.05) is 18.5 Å². The molecule has 1 unspecified atom stereocenters. The number of halogens is 1. The summed E-state index contributed by atoms with van der Waals surface area (Å²) in [5.74, 6) is 0.560. The lowest BCUT2D eigenvalue weighted by atomic mass is 10.1. The van der Waals surface area contributed by atoms with Crippen molar-refractivity contribution < 1.29 is 14.3 Å². The van der Waals surface area contributed by atoms with Gasteiger partial charge >= 0.3 is 6.03 Å². The van der Waals surface area contributed by atoms with E-state index in [2.05, 4.69) is 12.2 Å². The Labute approximate surface area is 142 Å². The van der Waals surface area contributed by atoms with Crippen molar-refractivity contribution in [1.82, 2.24) is 4.90 Å². The molecule has 6 heteroatoms. The van der Waals surface area contributed by atoms with Crippen molar-refractivity contribution in [2.75, 3.05) is 32.1 Å². The van der Waals surface area contributed by atoms with Gasteiger partial charge in [-0.2, -0.15) is 0 Å². The number of aryl methyl sites for hydroxylation is 1. The maximum atomic E-state index is 12.5. The van der Waals surface area contributed by atoms with E-state index in [0.717, 1.165) is 38.0 Å². The summed E-state index contributed by atoms with van der Waals surface area (Å²) >= 11 is 6.10. The summed E-state index contributed by atoms with van der Waals surface area (Å²) in [5.41, 5.74) is 1.53. The smallest absolute Gasteiger partial charge is 0.322 e. The van der Waals surface area contributed by atoms with Crippen LogP contribution < -0.4 is 10.1 Å². The zero-order valence-electron chi connectivity index (χ0n) is 14.0. The number of nitrogens with one attached hydrogen (secondary N) is 1. The van der Waals surface area contributed by atoms with Gasteiger partial charge in [-0.3, -0.25) is 0 Å². The Balaban J connectivity index is 2.02. The van der Waals surface area contributed by atoms with Crippen LogP contribution in [0.5, 0.6) is 5.75 Å². The quantitative estimate of drug-likeness (QED) is 0.878. The Hall–Kier alpha value is -1.46. The normalized spacial score (nSPS) is 17.9. The lowest BCUT2D eigenvalue weighted by Gasteiger charge is -2.32. The molecule has 0 spiro atoms. The van der Waals surface area contributed by atoms with E-state index in [1.165, 1.54) is 0 Å². The second-order valence-corrected chi connectivity index (χ2v) is 6.22. The Morgan fingerprint density at radius 1 is 1.48 bits per heavy atom. The number of urea groups is 1. The van der Waals surface area contributed by atoms with Crippen LogP contribution in [0.3, 0.4) is 0 Å². The number of rotatable bonds is 5. The van der Waals surface area contributed by atoms with Crippen molar-refractivity contribution in [3.05, 3.63) is 22.7 Å². The molecular formula is C17H25ClN2O3. The first kappa shape index (κ1) is 17.9. The van der Waals surface area contributed by atoms with Crippen LogP contribution in [0.15, 0.2) is 12.1 Å². The largest absolute Gasteiger partial charge is 0.495 e. The summed E-state index contributed by atoms with van der Waals surface area (Å²) in [7, 11) is 1.56. The second kappa shape index (κ2) is 8.41. The van der Waals surface area contributed by atoms with Crippen molar-refractivity contribution >= 4 is 23.3 Å². The summed E-state index contributed by atoms with van der Waals surface area (Å²) < 4.78 is 11.1. The first-order valence-corrected chi connectivity index (χ1v) is 8.44. The summed E-state index contributed by atoms with van der Waals surface area (Å²) in [6.45, 7) is 6.09. The van der Waals surface area contributed by atoms with Crippen LogP contribution in [-0.2, 0) is 4.74 Å². The molecule has 1 aliphatic heterocycles. The summed E-state index contributed by atoms with van der Waals surface area (Å²) in [5, 5.41) is 3.54. The van der Waals surface area contributed by atoms with Crippen molar-refractivity contribution in [1.29, 1.82) is 0 Å². The Morgan fingerprint density at radius 3 is 2.96 bits per heavy atom. The van der Waals surface area contributed by atoms with Gasteiger partial charge in [-0.15, -0.1) is 0 Å². The summed E-state index contributed by atoms with van der Waals surface area (Å²) in [6.07, 6.45) is 3.08. The number of hydrogen-bond acceptors (Lipinski definition) is 3. The van der Waals surface area contributed by atoms with E-state index in [1.807, 2.05) is 13.0 Å². The summed E-state index contributed by atoms with van der Waals surface area (Å²) in [6, 6.07) is 3.42. The minimum absolute atomic E-state index is 0.128. The van der Waals surface area contributed by atoms with Gasteiger partial charge in [0.15, 0.2) is 0 Å². The zero-order chi connectivity index (χ0) is 16.8. The van der Waals surface area contributed by atoms with Crippen LogP contribution in [0.4, 0.5) is 10.5 Å². The molecule has 1 N–H and O–H groups in total. The second-order valence-electron chi connectivity index (χ2n) is 5.81. The minimum Gasteiger partial charge on any atom is -0.495 e. The third-order valence-corrected chi connectivity index (χ3v) is 4.35. The molecule has 128 valence electrons. The van der Waals surface area contributed by atoms with Crippen LogP contribution >= 0.6 is 11.6 Å². The molecular weight excluding hydrogens is 316 g/mol. The number of nitrogens with zero attached hydrogens (tertiary/aromatic N) is 1. The number of methoxy groups -OCH3 is 1. The fourth-order valence-corrected chi connectivity index (χ4v) is 2.82. The number of benzene rings is 1. The van der Waals surface area contributed by atoms with E-state index in [-0.39, 0.29) is 12.1 Å². The first-order chi connectivity index (χ1) is 11.0. The predicted octanol–water partition coefficient (Wildman–Crippen LogP) is 4.08. The number of piperidine rings is 1. The highest BCUT2D eigenvalue weighted by atomic mass is 35.5. The SMILES string of the molecule is CCCOC1CCCN(C(=O)Nc2cc(C)c(Cl)cc2OC)C1. The molecule has 5 nitrogen and oxygen atoms in total. The minimum atomic E-state index is -0.130. The van der Waals surface area contributed by atoms with Gasteiger partial charge in [0.25, 0.3) is 0 Å². The number of likely N-dealkylation sites (tertiary alicyclic amines) is 1. The van der Waals surface area contributed by atoms with Crippen molar-refractivity contribution in [3.8, 4) is 5.75 Å². The third-order valence-electron chi connectivity index (χ3n) is 3.95. The Morgan fingerprint density at radius 2 is 2.26 bits per heavy atom. The van der Waals surface area contributed by atoms with Crippen LogP contribution in [0.1, 0.15) is 31.7 Å². The monoisotopic (exact) mass is 340 g/mol. The molecule has 0 bridgehead atoms. The Bertz CT molecular complexity index is 551. The highest BCUT2D eigenvalue weighted by molar-refractivity contribution is 6.31. The van der Waals surface area contributed by atoms with E-state index in [9.17, 15) is 4.79 Å². The molecule has 0 aliphatic carbocycles. The highest BCUT2D eigenvalue weighted by Crippen LogP contribution is 2.31. The molecule has 1 saturated heterocycles. The van der Waals surface area contributed by atoms with Crippen molar-refractivity contribution in [3.63, 3.8) is 0 Å². The number of anilines is 1. The first-order valence-electron chi connectivity index (χ1n) is 8.06. The van der Waals surface area contributed by atoms with Crippen LogP contribution in [0, 0.1) is 6.92 Å². The van der Waals surface area contributed by atoms with E-state index >= 15 is 0 Å². The molecule has 1 aromatic rings. The average Bonchev–Trinajstić information content (AvgIpc) is 2.56. The van der Waals surface area contributed by atoms with Crippen LogP contribution in [0.2, 0.25) is 5.02 Å². The van der Waals surface area contributed by atoms with Gasteiger partial charge in [-0.05, 0) is 37.8 Å². The third kappa shape index (κ3) is 4.75. The van der Waals surface area contributed by atoms with Gasteiger partial charge in [0.1, 0.15) is 5.75 Å². The van der Waals surface area contributed by atoms with Crippen LogP contribution in [-0.4, -0.2) is 43.8 Å². The standard InChI is InChI=1S/C17H25ClN2O3/c1-4-8-23-13-6-5-7-20(11-13)17(21)19-15-9-12(2)14(18)10-16(15)22-3/h9-10,13H,4-8,11H2,1-3H3,(H,19,21). The lowest BCUT2D eigenvalue weighted by molar-refractivity contribution is 0.0115. The summed E-state index contributed by atoms with van der Waals surface area (Å²) in [4.78, 5) is 14.3. The molecule has 0 saturated carbocycles. The molecule has 1 heterocycles. The molecule has 1 aromatic carbocycles. The van der Waals surface area contributed by atoms with Crippen molar-refractivity contribution in [2.24, 2.45) is 0 Å². The van der Waals surface area contributed by atoms with E-state index < -0.39 is 0 Å². The maximum Gasteiger partial charge on any atom is 0.322 e. The average molecular weight is 341 g/mol. The Kier molecular flexibility index (Phi) is 6.54. The number of amides is 2. The van der Waals surface area contributed by atoms with Crippen LogP contribution in [0.25, 0.3) is 0 Å². The predicted molar refractivity (Wildman–Crippen MR) is 92.6 cm³/mol. The van der Waals surface area contributed by atoms with E-state index in [1.54, 1.807) is 18.1 Å². The van der Waals surface area contributed by atoms with E-state index in [0.29, 0.717) is 23.0 Å². The zero-order valence-corrected chi connectivity index (χ0v) is 14.8. The molecule has 2 rings (SSSR count). The topological polar surface area (TPSA) is 50.8 Å². The van der Waals surface area contributed by atoms with Gasteiger partial charge in [0, 0.05) is 30.8 Å². The fraction of sp³-hybridized carbons (Fsp3) is 0.588. The maximum absolute atomic E-state index is 12.5. The van der Waals surface area contributed by atoms with Gasteiger partial charge in [0.05, 0.1) is 18.9 Å². The fourth-order valence-electron chi connectivity index (χ4n) is 2.67. The molecule has 23 heavy (non-hydrogen) atoms. The molecule has 1 aliphatic rings. The van der Waals surface area contributed by atoms with E-state index in [4.69, 9.17) is 21.1 Å². The number of carbonyl (C=O) groups excluding carboxylic acids is 1. The van der Waals surface area contributed by atoms with Crippen molar-refractivity contribution in [2.45, 2.75) is 39.2 Å². The molecule has 2 amide bonds. The number of ether oxygens (including phenoxy) is 2. The van der Waals surface area contributed by atoms with Gasteiger partial charge < -0.3 is 19.7 Å². The molecule has 0 aromatic heterocycles. The highest BCUT2D eigenvalue weighted by Gasteiger charge is 2.24.